The minimum absolute atomic E-state index is 0.243. The van der Waals surface area contributed by atoms with Crippen LogP contribution in [0, 0.1) is 0 Å². The minimum atomic E-state index is -4.69. The Bertz CT molecular complexity index is 482. The van der Waals surface area contributed by atoms with Crippen molar-refractivity contribution in [3.63, 3.8) is 0 Å². The molecule has 0 heterocycles. The third-order valence-corrected chi connectivity index (χ3v) is 4.11. The van der Waals surface area contributed by atoms with E-state index in [-0.39, 0.29) is 22.4 Å². The van der Waals surface area contributed by atoms with Crippen molar-refractivity contribution in [2.24, 2.45) is 0 Å². The lowest BCUT2D eigenvalue weighted by atomic mass is 9.92. The first-order valence-corrected chi connectivity index (χ1v) is 7.51. The monoisotopic (exact) mass is 367 g/mol. The van der Waals surface area contributed by atoms with Crippen LogP contribution in [0.1, 0.15) is 25.7 Å². The molecule has 0 radical (unpaired) electrons. The molecule has 2 unspecified atom stereocenters. The standard InChI is InChI=1S/C14H17BrF3NO2/c1-20-11-4-2-3-9(7-11)19-10-5-6-13(12(15)8-10)21-14(16,17)18/h5-6,8-9,11,19H,2-4,7H2,1H3. The number of nitrogens with one attached hydrogen (secondary N) is 1. The molecule has 0 bridgehead atoms. The van der Waals surface area contributed by atoms with E-state index in [1.807, 2.05) is 0 Å². The smallest absolute Gasteiger partial charge is 0.405 e. The second kappa shape index (κ2) is 6.87. The third-order valence-electron chi connectivity index (χ3n) is 3.49. The molecule has 0 spiro atoms. The predicted molar refractivity (Wildman–Crippen MR) is 77.5 cm³/mol. The molecule has 7 heteroatoms. The SMILES string of the molecule is COC1CCCC(Nc2ccc(OC(F)(F)F)c(Br)c2)C1. The summed E-state index contributed by atoms with van der Waals surface area (Å²) in [6.07, 6.45) is -0.393. The number of hydrogen-bond acceptors (Lipinski definition) is 3. The van der Waals surface area contributed by atoms with Crippen molar-refractivity contribution in [3.8, 4) is 5.75 Å². The summed E-state index contributed by atoms with van der Waals surface area (Å²) in [4.78, 5) is 0. The average molecular weight is 368 g/mol. The predicted octanol–water partition coefficient (Wildman–Crippen LogP) is 4.72. The number of rotatable bonds is 4. The zero-order valence-corrected chi connectivity index (χ0v) is 13.1. The molecule has 0 saturated heterocycles. The summed E-state index contributed by atoms with van der Waals surface area (Å²) in [6, 6.07) is 4.75. The van der Waals surface area contributed by atoms with Gasteiger partial charge < -0.3 is 14.8 Å². The molecule has 118 valence electrons. The Hall–Kier alpha value is -0.950. The molecule has 0 amide bonds. The van der Waals surface area contributed by atoms with Gasteiger partial charge in [0.1, 0.15) is 5.75 Å². The molecule has 21 heavy (non-hydrogen) atoms. The third kappa shape index (κ3) is 5.07. The lowest BCUT2D eigenvalue weighted by Gasteiger charge is -2.29. The number of methoxy groups -OCH3 is 1. The van der Waals surface area contributed by atoms with Crippen molar-refractivity contribution in [2.75, 3.05) is 12.4 Å². The van der Waals surface area contributed by atoms with Gasteiger partial charge in [-0.1, -0.05) is 0 Å². The zero-order chi connectivity index (χ0) is 15.5. The topological polar surface area (TPSA) is 30.5 Å². The van der Waals surface area contributed by atoms with Gasteiger partial charge in [0.15, 0.2) is 0 Å². The number of benzene rings is 1. The molecular weight excluding hydrogens is 351 g/mol. The van der Waals surface area contributed by atoms with Crippen LogP contribution in [0.3, 0.4) is 0 Å². The van der Waals surface area contributed by atoms with E-state index >= 15 is 0 Å². The molecule has 1 N–H and O–H groups in total. The van der Waals surface area contributed by atoms with Gasteiger partial charge in [-0.25, -0.2) is 0 Å². The van der Waals surface area contributed by atoms with Gasteiger partial charge in [-0.15, -0.1) is 13.2 Å². The lowest BCUT2D eigenvalue weighted by Crippen LogP contribution is -2.31. The molecule has 1 aliphatic rings. The highest BCUT2D eigenvalue weighted by Gasteiger charge is 2.32. The quantitative estimate of drug-likeness (QED) is 0.835. The number of ether oxygens (including phenoxy) is 2. The molecule has 0 aliphatic heterocycles. The fraction of sp³-hybridized carbons (Fsp3) is 0.571. The highest BCUT2D eigenvalue weighted by Crippen LogP contribution is 2.33. The van der Waals surface area contributed by atoms with E-state index in [0.29, 0.717) is 0 Å². The molecule has 2 rings (SSSR count). The van der Waals surface area contributed by atoms with Crippen molar-refractivity contribution < 1.29 is 22.6 Å². The van der Waals surface area contributed by atoms with Crippen LogP contribution in [0.5, 0.6) is 5.75 Å². The molecule has 1 aromatic carbocycles. The highest BCUT2D eigenvalue weighted by atomic mass is 79.9. The van der Waals surface area contributed by atoms with Gasteiger partial charge in [-0.3, -0.25) is 0 Å². The van der Waals surface area contributed by atoms with Crippen LogP contribution in [0.25, 0.3) is 0 Å². The Balaban J connectivity index is 2.00. The molecule has 1 aromatic rings. The van der Waals surface area contributed by atoms with Crippen molar-refractivity contribution in [1.29, 1.82) is 0 Å². The Morgan fingerprint density at radius 3 is 2.67 bits per heavy atom. The van der Waals surface area contributed by atoms with Gasteiger partial charge >= 0.3 is 6.36 Å². The van der Waals surface area contributed by atoms with E-state index in [1.165, 1.54) is 6.07 Å². The summed E-state index contributed by atoms with van der Waals surface area (Å²) in [5.41, 5.74) is 0.762. The van der Waals surface area contributed by atoms with Crippen molar-refractivity contribution in [2.45, 2.75) is 44.2 Å². The van der Waals surface area contributed by atoms with Crippen LogP contribution in [0.15, 0.2) is 22.7 Å². The minimum Gasteiger partial charge on any atom is -0.405 e. The van der Waals surface area contributed by atoms with Gasteiger partial charge in [0, 0.05) is 18.8 Å². The van der Waals surface area contributed by atoms with Crippen molar-refractivity contribution in [1.82, 2.24) is 0 Å². The summed E-state index contributed by atoms with van der Waals surface area (Å²) in [6.45, 7) is 0. The molecular formula is C14H17BrF3NO2. The first-order valence-electron chi connectivity index (χ1n) is 6.72. The second-order valence-electron chi connectivity index (χ2n) is 5.06. The molecule has 1 aliphatic carbocycles. The first-order chi connectivity index (χ1) is 9.87. The van der Waals surface area contributed by atoms with Gasteiger partial charge in [-0.05, 0) is 59.8 Å². The van der Waals surface area contributed by atoms with Crippen LogP contribution in [-0.4, -0.2) is 25.6 Å². The Morgan fingerprint density at radius 2 is 2.05 bits per heavy atom. The molecule has 0 aromatic heterocycles. The Labute approximate surface area is 129 Å². The normalized spacial score (nSPS) is 22.9. The number of hydrogen-bond donors (Lipinski definition) is 1. The fourth-order valence-corrected chi connectivity index (χ4v) is 2.98. The maximum Gasteiger partial charge on any atom is 0.573 e. The highest BCUT2D eigenvalue weighted by molar-refractivity contribution is 9.10. The maximum atomic E-state index is 12.2. The summed E-state index contributed by atoms with van der Waals surface area (Å²) in [7, 11) is 1.70. The van der Waals surface area contributed by atoms with Crippen LogP contribution in [0.4, 0.5) is 18.9 Å². The lowest BCUT2D eigenvalue weighted by molar-refractivity contribution is -0.274. The van der Waals surface area contributed by atoms with Crippen LogP contribution in [0.2, 0.25) is 0 Å². The van der Waals surface area contributed by atoms with Crippen molar-refractivity contribution >= 4 is 21.6 Å². The summed E-state index contributed by atoms with van der Waals surface area (Å²) in [5.74, 6) is -0.244. The molecule has 1 saturated carbocycles. The Kier molecular flexibility index (Phi) is 5.37. The van der Waals surface area contributed by atoms with E-state index in [4.69, 9.17) is 4.74 Å². The van der Waals surface area contributed by atoms with Crippen LogP contribution < -0.4 is 10.1 Å². The largest absolute Gasteiger partial charge is 0.573 e. The molecule has 3 nitrogen and oxygen atoms in total. The van der Waals surface area contributed by atoms with Gasteiger partial charge in [0.05, 0.1) is 10.6 Å². The molecule has 1 fully saturated rings. The van der Waals surface area contributed by atoms with Crippen LogP contribution >= 0.6 is 15.9 Å². The van der Waals surface area contributed by atoms with Gasteiger partial charge in [0.2, 0.25) is 0 Å². The van der Waals surface area contributed by atoms with Gasteiger partial charge in [-0.2, -0.15) is 0 Å². The average Bonchev–Trinajstić information content (AvgIpc) is 2.41. The Morgan fingerprint density at radius 1 is 1.29 bits per heavy atom. The van der Waals surface area contributed by atoms with E-state index in [1.54, 1.807) is 19.2 Å². The summed E-state index contributed by atoms with van der Waals surface area (Å²) >= 11 is 3.10. The first kappa shape index (κ1) is 16.4. The van der Waals surface area contributed by atoms with Gasteiger partial charge in [0.25, 0.3) is 0 Å². The summed E-state index contributed by atoms with van der Waals surface area (Å²) < 4.78 is 46.2. The van der Waals surface area contributed by atoms with E-state index in [9.17, 15) is 13.2 Å². The second-order valence-corrected chi connectivity index (χ2v) is 5.91. The van der Waals surface area contributed by atoms with Crippen LogP contribution in [-0.2, 0) is 4.74 Å². The van der Waals surface area contributed by atoms with E-state index < -0.39 is 6.36 Å². The number of anilines is 1. The summed E-state index contributed by atoms with van der Waals surface area (Å²) in [5, 5.41) is 3.33. The van der Waals surface area contributed by atoms with E-state index in [2.05, 4.69) is 26.0 Å². The maximum absolute atomic E-state index is 12.2. The number of alkyl halides is 3. The zero-order valence-electron chi connectivity index (χ0n) is 11.5. The van der Waals surface area contributed by atoms with Crippen molar-refractivity contribution in [3.05, 3.63) is 22.7 Å². The molecule has 2 atom stereocenters. The van der Waals surface area contributed by atoms with E-state index in [0.717, 1.165) is 31.4 Å². The fourth-order valence-electron chi connectivity index (χ4n) is 2.52. The number of halogens is 4.